The van der Waals surface area contributed by atoms with Crippen molar-refractivity contribution in [2.24, 2.45) is 0 Å². The van der Waals surface area contributed by atoms with Crippen LogP contribution in [0.4, 0.5) is 4.79 Å². The van der Waals surface area contributed by atoms with Crippen LogP contribution in [0.1, 0.15) is 24.1 Å². The number of carbonyl (C=O) groups excluding carboxylic acids is 2. The zero-order chi connectivity index (χ0) is 14.0. The van der Waals surface area contributed by atoms with E-state index >= 15 is 0 Å². The number of amides is 2. The molecule has 0 saturated carbocycles. The molecule has 2 rings (SSSR count). The number of urea groups is 1. The number of hydrogen-bond acceptors (Lipinski definition) is 3. The number of aryl methyl sites for hydroxylation is 1. The molecule has 1 fully saturated rings. The number of benzene rings is 1. The van der Waals surface area contributed by atoms with E-state index in [0.717, 1.165) is 16.9 Å². The fourth-order valence-electron chi connectivity index (χ4n) is 2.30. The highest BCUT2D eigenvalue weighted by molar-refractivity contribution is 5.85. The van der Waals surface area contributed by atoms with E-state index in [9.17, 15) is 9.59 Å². The molecule has 1 atom stereocenters. The molecule has 0 spiro atoms. The molecular weight excluding hydrogens is 244 g/mol. The van der Waals surface area contributed by atoms with Crippen LogP contribution in [0.25, 0.3) is 0 Å². The average Bonchev–Trinajstić information content (AvgIpc) is 2.70. The fraction of sp³-hybridized carbons (Fsp3) is 0.429. The van der Waals surface area contributed by atoms with Crippen LogP contribution in [-0.2, 0) is 4.79 Å². The Bertz CT molecular complexity index is 513. The molecule has 1 aromatic carbocycles. The van der Waals surface area contributed by atoms with E-state index < -0.39 is 0 Å². The summed E-state index contributed by atoms with van der Waals surface area (Å²) in [5.74, 6) is 0.815. The lowest BCUT2D eigenvalue weighted by atomic mass is 10.0. The number of methoxy groups -OCH3 is 1. The van der Waals surface area contributed by atoms with Gasteiger partial charge >= 0.3 is 6.03 Å². The van der Waals surface area contributed by atoms with Gasteiger partial charge in [0, 0.05) is 6.54 Å². The third-order valence-electron chi connectivity index (χ3n) is 3.22. The Labute approximate surface area is 112 Å². The second kappa shape index (κ2) is 5.30. The molecule has 0 aromatic heterocycles. The number of ketones is 1. The fourth-order valence-corrected chi connectivity index (χ4v) is 2.30. The molecular formula is C14H18N2O3. The van der Waals surface area contributed by atoms with Gasteiger partial charge in [-0.1, -0.05) is 12.1 Å². The zero-order valence-corrected chi connectivity index (χ0v) is 11.4. The van der Waals surface area contributed by atoms with Crippen molar-refractivity contribution in [2.75, 3.05) is 20.2 Å². The van der Waals surface area contributed by atoms with Gasteiger partial charge in [0.05, 0.1) is 19.7 Å². The molecule has 2 amide bonds. The Hall–Kier alpha value is -2.04. The lowest BCUT2D eigenvalue weighted by Crippen LogP contribution is -2.32. The highest BCUT2D eigenvalue weighted by atomic mass is 16.5. The van der Waals surface area contributed by atoms with Gasteiger partial charge in [0.25, 0.3) is 0 Å². The van der Waals surface area contributed by atoms with E-state index in [1.807, 2.05) is 25.1 Å². The molecule has 5 nitrogen and oxygen atoms in total. The first-order chi connectivity index (χ1) is 9.01. The van der Waals surface area contributed by atoms with E-state index in [-0.39, 0.29) is 24.4 Å². The Morgan fingerprint density at radius 3 is 2.84 bits per heavy atom. The lowest BCUT2D eigenvalue weighted by molar-refractivity contribution is -0.117. The number of carbonyl (C=O) groups is 2. The first-order valence-electron chi connectivity index (χ1n) is 6.20. The molecule has 1 aliphatic rings. The normalized spacial score (nSPS) is 18.4. The van der Waals surface area contributed by atoms with Crippen molar-refractivity contribution >= 4 is 11.8 Å². The summed E-state index contributed by atoms with van der Waals surface area (Å²) < 4.78 is 5.22. The third kappa shape index (κ3) is 2.86. The van der Waals surface area contributed by atoms with Gasteiger partial charge in [-0.05, 0) is 31.0 Å². The first-order valence-corrected chi connectivity index (χ1v) is 6.20. The Morgan fingerprint density at radius 2 is 2.26 bits per heavy atom. The maximum absolute atomic E-state index is 11.7. The summed E-state index contributed by atoms with van der Waals surface area (Å²) in [7, 11) is 1.63. The maximum atomic E-state index is 11.7. The van der Waals surface area contributed by atoms with Crippen LogP contribution < -0.4 is 10.1 Å². The number of hydrogen-bond donors (Lipinski definition) is 1. The van der Waals surface area contributed by atoms with Crippen LogP contribution in [0.15, 0.2) is 18.2 Å². The highest BCUT2D eigenvalue weighted by Gasteiger charge is 2.30. The van der Waals surface area contributed by atoms with Gasteiger partial charge in [-0.3, -0.25) is 4.79 Å². The van der Waals surface area contributed by atoms with Crippen molar-refractivity contribution in [3.05, 3.63) is 29.3 Å². The molecule has 0 aliphatic carbocycles. The van der Waals surface area contributed by atoms with Crippen LogP contribution in [0.3, 0.4) is 0 Å². The van der Waals surface area contributed by atoms with Gasteiger partial charge in [0.1, 0.15) is 11.5 Å². The summed E-state index contributed by atoms with van der Waals surface area (Å²) in [6, 6.07) is 5.57. The summed E-state index contributed by atoms with van der Waals surface area (Å²) in [5, 5.41) is 2.88. The van der Waals surface area contributed by atoms with E-state index in [1.165, 1.54) is 11.8 Å². The summed E-state index contributed by atoms with van der Waals surface area (Å²) in [5.41, 5.74) is 2.05. The van der Waals surface area contributed by atoms with Crippen molar-refractivity contribution in [3.63, 3.8) is 0 Å². The minimum Gasteiger partial charge on any atom is -0.496 e. The highest BCUT2D eigenvalue weighted by Crippen LogP contribution is 2.25. The van der Waals surface area contributed by atoms with Gasteiger partial charge in [-0.15, -0.1) is 0 Å². The quantitative estimate of drug-likeness (QED) is 0.897. The van der Waals surface area contributed by atoms with E-state index in [4.69, 9.17) is 4.74 Å². The van der Waals surface area contributed by atoms with E-state index in [2.05, 4.69) is 5.32 Å². The maximum Gasteiger partial charge on any atom is 0.318 e. The molecule has 1 heterocycles. The lowest BCUT2D eigenvalue weighted by Gasteiger charge is -2.14. The topological polar surface area (TPSA) is 58.6 Å². The molecule has 1 saturated heterocycles. The molecule has 5 heteroatoms. The Morgan fingerprint density at radius 1 is 1.53 bits per heavy atom. The predicted octanol–water partition coefficient (Wildman–Crippen LogP) is 1.66. The second-order valence-corrected chi connectivity index (χ2v) is 4.81. The summed E-state index contributed by atoms with van der Waals surface area (Å²) in [6.07, 6.45) is 0. The van der Waals surface area contributed by atoms with Crippen LogP contribution in [0, 0.1) is 6.92 Å². The van der Waals surface area contributed by atoms with Gasteiger partial charge < -0.3 is 15.0 Å². The third-order valence-corrected chi connectivity index (χ3v) is 3.22. The van der Waals surface area contributed by atoms with Crippen LogP contribution in [-0.4, -0.2) is 36.9 Å². The van der Waals surface area contributed by atoms with Gasteiger partial charge in [-0.2, -0.15) is 0 Å². The van der Waals surface area contributed by atoms with Gasteiger partial charge in [0.15, 0.2) is 0 Å². The molecule has 1 unspecified atom stereocenters. The molecule has 1 N–H and O–H groups in total. The number of rotatable bonds is 4. The Kier molecular flexibility index (Phi) is 3.74. The second-order valence-electron chi connectivity index (χ2n) is 4.81. The molecule has 0 bridgehead atoms. The number of ether oxygens (including phenoxy) is 1. The van der Waals surface area contributed by atoms with Crippen molar-refractivity contribution in [3.8, 4) is 5.75 Å². The number of nitrogens with zero attached hydrogens (tertiary/aromatic N) is 1. The standard InChI is InChI=1S/C14H18N2O3/c1-9-6-11(4-5-13(9)19-3)12-8-16(7-10(2)17)14(18)15-12/h4-6,12H,7-8H2,1-3H3,(H,15,18). The van der Waals surface area contributed by atoms with Crippen LogP contribution in [0.5, 0.6) is 5.75 Å². The molecule has 1 aliphatic heterocycles. The monoisotopic (exact) mass is 262 g/mol. The first kappa shape index (κ1) is 13.4. The number of nitrogens with one attached hydrogen (secondary N) is 1. The minimum absolute atomic E-state index is 0.0123. The molecule has 0 radical (unpaired) electrons. The van der Waals surface area contributed by atoms with Gasteiger partial charge in [-0.25, -0.2) is 4.79 Å². The smallest absolute Gasteiger partial charge is 0.318 e. The van der Waals surface area contributed by atoms with Crippen molar-refractivity contribution in [2.45, 2.75) is 19.9 Å². The minimum atomic E-state index is -0.186. The zero-order valence-electron chi connectivity index (χ0n) is 11.4. The van der Waals surface area contributed by atoms with Crippen LogP contribution in [0.2, 0.25) is 0 Å². The molecule has 102 valence electrons. The van der Waals surface area contributed by atoms with Crippen molar-refractivity contribution in [1.82, 2.24) is 10.2 Å². The predicted molar refractivity (Wildman–Crippen MR) is 71.3 cm³/mol. The summed E-state index contributed by atoms with van der Waals surface area (Å²) in [6.45, 7) is 4.13. The van der Waals surface area contributed by atoms with Crippen molar-refractivity contribution in [1.29, 1.82) is 0 Å². The largest absolute Gasteiger partial charge is 0.496 e. The molecule has 1 aromatic rings. The van der Waals surface area contributed by atoms with Crippen molar-refractivity contribution < 1.29 is 14.3 Å². The summed E-state index contributed by atoms with van der Waals surface area (Å²) in [4.78, 5) is 24.4. The van der Waals surface area contributed by atoms with E-state index in [0.29, 0.717) is 6.54 Å². The van der Waals surface area contributed by atoms with Gasteiger partial charge in [0.2, 0.25) is 0 Å². The van der Waals surface area contributed by atoms with E-state index in [1.54, 1.807) is 7.11 Å². The van der Waals surface area contributed by atoms with Crippen LogP contribution >= 0.6 is 0 Å². The molecule has 19 heavy (non-hydrogen) atoms. The number of Topliss-reactive ketones (excluding diaryl/α,β-unsaturated/α-hetero) is 1. The average molecular weight is 262 g/mol. The SMILES string of the molecule is COc1ccc(C2CN(CC(C)=O)C(=O)N2)cc1C. The Balaban J connectivity index is 2.14. The summed E-state index contributed by atoms with van der Waals surface area (Å²) >= 11 is 0.